The van der Waals surface area contributed by atoms with Crippen molar-refractivity contribution in [3.8, 4) is 0 Å². The molecular weight excluding hydrogens is 250 g/mol. The van der Waals surface area contributed by atoms with Gasteiger partial charge in [-0.2, -0.15) is 0 Å². The summed E-state index contributed by atoms with van der Waals surface area (Å²) in [7, 11) is 0. The molecule has 0 fully saturated rings. The molecule has 0 unspecified atom stereocenters. The SMILES string of the molecule is Cc1ccc2ncc(CNc3ccccc3CO)n2c1. The Kier molecular flexibility index (Phi) is 3.39. The van der Waals surface area contributed by atoms with Crippen LogP contribution in [0.2, 0.25) is 0 Å². The van der Waals surface area contributed by atoms with Crippen molar-refractivity contribution in [1.29, 1.82) is 0 Å². The number of benzene rings is 1. The summed E-state index contributed by atoms with van der Waals surface area (Å²) >= 11 is 0. The maximum Gasteiger partial charge on any atom is 0.136 e. The maximum atomic E-state index is 9.33. The van der Waals surface area contributed by atoms with Gasteiger partial charge >= 0.3 is 0 Å². The number of rotatable bonds is 4. The molecule has 0 aliphatic rings. The zero-order chi connectivity index (χ0) is 13.9. The minimum Gasteiger partial charge on any atom is -0.392 e. The molecule has 3 rings (SSSR count). The Labute approximate surface area is 117 Å². The van der Waals surface area contributed by atoms with Crippen molar-refractivity contribution in [1.82, 2.24) is 9.38 Å². The second-order valence-corrected chi connectivity index (χ2v) is 4.85. The normalized spacial score (nSPS) is 10.9. The Morgan fingerprint density at radius 1 is 1.20 bits per heavy atom. The summed E-state index contributed by atoms with van der Waals surface area (Å²) in [5, 5.41) is 12.7. The number of anilines is 1. The first-order valence-corrected chi connectivity index (χ1v) is 6.63. The third-order valence-electron chi connectivity index (χ3n) is 3.38. The van der Waals surface area contributed by atoms with Crippen LogP contribution in [0.3, 0.4) is 0 Å². The Morgan fingerprint density at radius 2 is 2.05 bits per heavy atom. The minimum absolute atomic E-state index is 0.0371. The number of nitrogens with zero attached hydrogens (tertiary/aromatic N) is 2. The lowest BCUT2D eigenvalue weighted by Gasteiger charge is -2.10. The number of aliphatic hydroxyl groups excluding tert-OH is 1. The first kappa shape index (κ1) is 12.7. The third kappa shape index (κ3) is 2.38. The number of aryl methyl sites for hydroxylation is 1. The van der Waals surface area contributed by atoms with Crippen LogP contribution in [0.5, 0.6) is 0 Å². The fraction of sp³-hybridized carbons (Fsp3) is 0.188. The van der Waals surface area contributed by atoms with Crippen molar-refractivity contribution in [3.63, 3.8) is 0 Å². The lowest BCUT2D eigenvalue weighted by molar-refractivity contribution is 0.282. The molecule has 20 heavy (non-hydrogen) atoms. The number of nitrogens with one attached hydrogen (secondary N) is 1. The molecule has 0 aliphatic carbocycles. The number of hydrogen-bond acceptors (Lipinski definition) is 3. The van der Waals surface area contributed by atoms with E-state index in [0.717, 1.165) is 22.6 Å². The standard InChI is InChI=1S/C16H17N3O/c1-12-6-7-16-18-9-14(19(16)10-12)8-17-15-5-3-2-4-13(15)11-20/h2-7,9-10,17,20H,8,11H2,1H3. The number of aromatic nitrogens is 2. The summed E-state index contributed by atoms with van der Waals surface area (Å²) < 4.78 is 2.09. The smallest absolute Gasteiger partial charge is 0.136 e. The summed E-state index contributed by atoms with van der Waals surface area (Å²) in [6.45, 7) is 2.77. The zero-order valence-corrected chi connectivity index (χ0v) is 11.4. The molecule has 0 bridgehead atoms. The minimum atomic E-state index is 0.0371. The van der Waals surface area contributed by atoms with Gasteiger partial charge < -0.3 is 14.8 Å². The maximum absolute atomic E-state index is 9.33. The second-order valence-electron chi connectivity index (χ2n) is 4.85. The molecule has 0 saturated heterocycles. The average Bonchev–Trinajstić information content (AvgIpc) is 2.87. The van der Waals surface area contributed by atoms with Gasteiger partial charge in [0.2, 0.25) is 0 Å². The second kappa shape index (κ2) is 5.35. The molecule has 3 aromatic rings. The van der Waals surface area contributed by atoms with Crippen LogP contribution in [-0.2, 0) is 13.2 Å². The Hall–Kier alpha value is -2.33. The zero-order valence-electron chi connectivity index (χ0n) is 11.4. The van der Waals surface area contributed by atoms with Crippen molar-refractivity contribution in [2.24, 2.45) is 0 Å². The van der Waals surface area contributed by atoms with Crippen LogP contribution < -0.4 is 5.32 Å². The summed E-state index contributed by atoms with van der Waals surface area (Å²) in [5.41, 5.74) is 5.10. The highest BCUT2D eigenvalue weighted by atomic mass is 16.3. The third-order valence-corrected chi connectivity index (χ3v) is 3.38. The Balaban J connectivity index is 1.85. The first-order chi connectivity index (χ1) is 9.78. The Bertz CT molecular complexity index is 733. The van der Waals surface area contributed by atoms with Gasteiger partial charge in [-0.3, -0.25) is 0 Å². The predicted molar refractivity (Wildman–Crippen MR) is 79.6 cm³/mol. The number of hydrogen-bond donors (Lipinski definition) is 2. The van der Waals surface area contributed by atoms with Gasteiger partial charge in [-0.05, 0) is 24.6 Å². The Morgan fingerprint density at radius 3 is 2.90 bits per heavy atom. The topological polar surface area (TPSA) is 49.6 Å². The van der Waals surface area contributed by atoms with Gasteiger partial charge in [0.1, 0.15) is 5.65 Å². The predicted octanol–water partition coefficient (Wildman–Crippen LogP) is 2.75. The molecule has 0 saturated carbocycles. The van der Waals surface area contributed by atoms with E-state index in [4.69, 9.17) is 0 Å². The van der Waals surface area contributed by atoms with E-state index >= 15 is 0 Å². The molecule has 2 heterocycles. The van der Waals surface area contributed by atoms with Crippen molar-refractivity contribution in [3.05, 3.63) is 65.6 Å². The van der Waals surface area contributed by atoms with E-state index in [-0.39, 0.29) is 6.61 Å². The highest BCUT2D eigenvalue weighted by Crippen LogP contribution is 2.16. The van der Waals surface area contributed by atoms with Crippen LogP contribution in [0.25, 0.3) is 5.65 Å². The fourth-order valence-corrected chi connectivity index (χ4v) is 2.28. The summed E-state index contributed by atoms with van der Waals surface area (Å²) in [6, 6.07) is 11.8. The molecule has 2 aromatic heterocycles. The van der Waals surface area contributed by atoms with Crippen molar-refractivity contribution >= 4 is 11.3 Å². The fourth-order valence-electron chi connectivity index (χ4n) is 2.28. The molecule has 0 atom stereocenters. The van der Waals surface area contributed by atoms with Crippen molar-refractivity contribution in [2.45, 2.75) is 20.1 Å². The van der Waals surface area contributed by atoms with Crippen LogP contribution in [-0.4, -0.2) is 14.5 Å². The van der Waals surface area contributed by atoms with Crippen LogP contribution in [0.1, 0.15) is 16.8 Å². The number of pyridine rings is 1. The van der Waals surface area contributed by atoms with Crippen LogP contribution in [0.4, 0.5) is 5.69 Å². The van der Waals surface area contributed by atoms with Gasteiger partial charge in [-0.25, -0.2) is 4.98 Å². The summed E-state index contributed by atoms with van der Waals surface area (Å²) in [5.74, 6) is 0. The molecule has 2 N–H and O–H groups in total. The van der Waals surface area contributed by atoms with E-state index in [2.05, 4.69) is 33.9 Å². The summed E-state index contributed by atoms with van der Waals surface area (Å²) in [6.07, 6.45) is 3.96. The monoisotopic (exact) mass is 267 g/mol. The molecule has 0 amide bonds. The quantitative estimate of drug-likeness (QED) is 0.764. The van der Waals surface area contributed by atoms with Crippen LogP contribution >= 0.6 is 0 Å². The van der Waals surface area contributed by atoms with Gasteiger partial charge in [0.05, 0.1) is 25.0 Å². The highest BCUT2D eigenvalue weighted by Gasteiger charge is 2.05. The highest BCUT2D eigenvalue weighted by molar-refractivity contribution is 5.51. The molecule has 0 radical (unpaired) electrons. The number of fused-ring (bicyclic) bond motifs is 1. The average molecular weight is 267 g/mol. The lowest BCUT2D eigenvalue weighted by atomic mass is 10.2. The van der Waals surface area contributed by atoms with Crippen LogP contribution in [0.15, 0.2) is 48.8 Å². The van der Waals surface area contributed by atoms with E-state index in [0.29, 0.717) is 6.54 Å². The van der Waals surface area contributed by atoms with Gasteiger partial charge in [-0.15, -0.1) is 0 Å². The molecule has 1 aromatic carbocycles. The number of imidazole rings is 1. The first-order valence-electron chi connectivity index (χ1n) is 6.63. The summed E-state index contributed by atoms with van der Waals surface area (Å²) in [4.78, 5) is 4.39. The van der Waals surface area contributed by atoms with E-state index in [1.807, 2.05) is 36.5 Å². The van der Waals surface area contributed by atoms with E-state index in [9.17, 15) is 5.11 Å². The molecule has 102 valence electrons. The van der Waals surface area contributed by atoms with E-state index in [1.54, 1.807) is 0 Å². The van der Waals surface area contributed by atoms with Crippen molar-refractivity contribution < 1.29 is 5.11 Å². The number of para-hydroxylation sites is 1. The van der Waals surface area contributed by atoms with Crippen molar-refractivity contribution in [2.75, 3.05) is 5.32 Å². The lowest BCUT2D eigenvalue weighted by Crippen LogP contribution is -2.05. The molecule has 4 nitrogen and oxygen atoms in total. The molecule has 0 aliphatic heterocycles. The largest absolute Gasteiger partial charge is 0.392 e. The van der Waals surface area contributed by atoms with Gasteiger partial charge in [0.25, 0.3) is 0 Å². The van der Waals surface area contributed by atoms with Gasteiger partial charge in [-0.1, -0.05) is 24.3 Å². The number of aliphatic hydroxyl groups is 1. The van der Waals surface area contributed by atoms with Gasteiger partial charge in [0.15, 0.2) is 0 Å². The van der Waals surface area contributed by atoms with Crippen LogP contribution in [0, 0.1) is 6.92 Å². The molecule has 0 spiro atoms. The van der Waals surface area contributed by atoms with E-state index < -0.39 is 0 Å². The van der Waals surface area contributed by atoms with Gasteiger partial charge in [0, 0.05) is 17.4 Å². The molecule has 4 heteroatoms. The van der Waals surface area contributed by atoms with E-state index in [1.165, 1.54) is 5.56 Å². The molecular formula is C16H17N3O.